The van der Waals surface area contributed by atoms with Crippen LogP contribution in [0.5, 0.6) is 0 Å². The van der Waals surface area contributed by atoms with Gasteiger partial charge in [-0.25, -0.2) is 0 Å². The van der Waals surface area contributed by atoms with Crippen LogP contribution in [0.2, 0.25) is 0 Å². The van der Waals surface area contributed by atoms with Gasteiger partial charge in [0.1, 0.15) is 0 Å². The Balaban J connectivity index is 1.61. The van der Waals surface area contributed by atoms with Crippen LogP contribution in [0.3, 0.4) is 0 Å². The van der Waals surface area contributed by atoms with E-state index in [0.29, 0.717) is 6.04 Å². The summed E-state index contributed by atoms with van der Waals surface area (Å²) < 4.78 is 0. The minimum atomic E-state index is 0.220. The molecule has 1 heterocycles. The van der Waals surface area contributed by atoms with E-state index in [1.54, 1.807) is 0 Å². The molecule has 0 bridgehead atoms. The monoisotopic (exact) mass is 193 g/mol. The van der Waals surface area contributed by atoms with Gasteiger partial charge in [0.2, 0.25) is 0 Å². The molecule has 2 aliphatic carbocycles. The molecule has 0 saturated heterocycles. The zero-order chi connectivity index (χ0) is 9.54. The van der Waals surface area contributed by atoms with E-state index in [4.69, 9.17) is 0 Å². The lowest BCUT2D eigenvalue weighted by atomic mass is 10.1. The summed E-state index contributed by atoms with van der Waals surface area (Å²) in [5.74, 6) is 2.73. The van der Waals surface area contributed by atoms with Gasteiger partial charge in [0.05, 0.1) is 6.04 Å². The lowest BCUT2D eigenvalue weighted by Gasteiger charge is -2.17. The normalized spacial score (nSPS) is 36.8. The van der Waals surface area contributed by atoms with Gasteiger partial charge in [-0.2, -0.15) is 5.21 Å². The summed E-state index contributed by atoms with van der Waals surface area (Å²) in [5.41, 5.74) is 0. The topological polar surface area (TPSA) is 66.5 Å². The van der Waals surface area contributed by atoms with Gasteiger partial charge in [-0.1, -0.05) is 5.21 Å². The average Bonchev–Trinajstić information content (AvgIpc) is 2.66. The molecule has 1 aromatic rings. The van der Waals surface area contributed by atoms with Crippen LogP contribution >= 0.6 is 0 Å². The van der Waals surface area contributed by atoms with Crippen molar-refractivity contribution in [3.05, 3.63) is 5.82 Å². The number of hydrogen-bond acceptors (Lipinski definition) is 4. The molecule has 5 heteroatoms. The predicted molar refractivity (Wildman–Crippen MR) is 50.3 cm³/mol. The van der Waals surface area contributed by atoms with E-state index in [-0.39, 0.29) is 6.04 Å². The molecule has 5 nitrogen and oxygen atoms in total. The van der Waals surface area contributed by atoms with E-state index in [2.05, 4.69) is 32.9 Å². The smallest absolute Gasteiger partial charge is 0.191 e. The van der Waals surface area contributed by atoms with Crippen LogP contribution in [-0.2, 0) is 0 Å². The van der Waals surface area contributed by atoms with Crippen molar-refractivity contribution in [1.29, 1.82) is 0 Å². The van der Waals surface area contributed by atoms with Gasteiger partial charge in [-0.15, -0.1) is 10.2 Å². The average molecular weight is 193 g/mol. The Labute approximate surface area is 82.7 Å². The number of H-pyrrole nitrogens is 1. The highest BCUT2D eigenvalue weighted by Gasteiger charge is 2.48. The fraction of sp³-hybridized carbons (Fsp3) is 0.889. The van der Waals surface area contributed by atoms with Crippen LogP contribution < -0.4 is 5.32 Å². The van der Waals surface area contributed by atoms with Crippen molar-refractivity contribution in [3.8, 4) is 0 Å². The van der Waals surface area contributed by atoms with Crippen molar-refractivity contribution >= 4 is 0 Å². The molecule has 0 spiro atoms. The largest absolute Gasteiger partial charge is 0.304 e. The zero-order valence-electron chi connectivity index (χ0n) is 8.27. The molecule has 2 aliphatic rings. The summed E-state index contributed by atoms with van der Waals surface area (Å²) in [6.07, 6.45) is 4.15. The summed E-state index contributed by atoms with van der Waals surface area (Å²) in [6, 6.07) is 0.909. The molecule has 0 amide bonds. The van der Waals surface area contributed by atoms with Gasteiger partial charge < -0.3 is 5.32 Å². The SMILES string of the molecule is CC(NC1CCC2CC21)c1nn[nH]n1. The van der Waals surface area contributed by atoms with Gasteiger partial charge in [0.25, 0.3) is 0 Å². The van der Waals surface area contributed by atoms with Crippen molar-refractivity contribution < 1.29 is 0 Å². The number of hydrogen-bond donors (Lipinski definition) is 2. The molecule has 0 radical (unpaired) electrons. The highest BCUT2D eigenvalue weighted by atomic mass is 15.5. The molecule has 0 aliphatic heterocycles. The quantitative estimate of drug-likeness (QED) is 0.739. The third-order valence-corrected chi connectivity index (χ3v) is 3.56. The Morgan fingerprint density at radius 2 is 2.43 bits per heavy atom. The van der Waals surface area contributed by atoms with E-state index in [1.807, 2.05) is 0 Å². The molecular weight excluding hydrogens is 178 g/mol. The highest BCUT2D eigenvalue weighted by Crippen LogP contribution is 2.52. The second-order valence-corrected chi connectivity index (χ2v) is 4.50. The first-order valence-corrected chi connectivity index (χ1v) is 5.34. The van der Waals surface area contributed by atoms with Gasteiger partial charge in [-0.05, 0) is 38.0 Å². The van der Waals surface area contributed by atoms with Crippen molar-refractivity contribution in [1.82, 2.24) is 25.9 Å². The molecule has 2 N–H and O–H groups in total. The van der Waals surface area contributed by atoms with Gasteiger partial charge in [0, 0.05) is 6.04 Å². The van der Waals surface area contributed by atoms with Crippen molar-refractivity contribution in [2.45, 2.75) is 38.3 Å². The first kappa shape index (κ1) is 8.35. The van der Waals surface area contributed by atoms with Gasteiger partial charge >= 0.3 is 0 Å². The minimum Gasteiger partial charge on any atom is -0.304 e. The summed E-state index contributed by atoms with van der Waals surface area (Å²) >= 11 is 0. The highest BCUT2D eigenvalue weighted by molar-refractivity contribution is 5.03. The zero-order valence-corrected chi connectivity index (χ0v) is 8.27. The lowest BCUT2D eigenvalue weighted by molar-refractivity contribution is 0.414. The molecule has 3 rings (SSSR count). The molecule has 4 atom stereocenters. The molecule has 0 aromatic carbocycles. The maximum Gasteiger partial charge on any atom is 0.191 e. The Morgan fingerprint density at radius 3 is 3.00 bits per heavy atom. The first-order valence-electron chi connectivity index (χ1n) is 5.34. The third kappa shape index (κ3) is 1.32. The maximum atomic E-state index is 3.99. The molecule has 4 unspecified atom stereocenters. The molecule has 14 heavy (non-hydrogen) atoms. The van der Waals surface area contributed by atoms with Crippen LogP contribution in [0.1, 0.15) is 38.1 Å². The summed E-state index contributed by atoms with van der Waals surface area (Å²) in [4.78, 5) is 0. The Kier molecular flexibility index (Phi) is 1.80. The van der Waals surface area contributed by atoms with E-state index in [0.717, 1.165) is 17.7 Å². The second kappa shape index (κ2) is 3.02. The fourth-order valence-electron chi connectivity index (χ4n) is 2.66. The van der Waals surface area contributed by atoms with E-state index in [1.165, 1.54) is 19.3 Å². The number of aromatic amines is 1. The molecule has 2 fully saturated rings. The van der Waals surface area contributed by atoms with Crippen LogP contribution in [0, 0.1) is 11.8 Å². The summed E-state index contributed by atoms with van der Waals surface area (Å²) in [6.45, 7) is 2.10. The second-order valence-electron chi connectivity index (χ2n) is 4.50. The van der Waals surface area contributed by atoms with E-state index in [9.17, 15) is 0 Å². The standard InChI is InChI=1S/C9H15N5/c1-5(9-11-13-14-12-9)10-8-3-2-6-4-7(6)8/h5-8,10H,2-4H2,1H3,(H,11,12,13,14). The third-order valence-electron chi connectivity index (χ3n) is 3.56. The van der Waals surface area contributed by atoms with E-state index < -0.39 is 0 Å². The Bertz CT molecular complexity index is 309. The maximum absolute atomic E-state index is 3.99. The van der Waals surface area contributed by atoms with Gasteiger partial charge in [-0.3, -0.25) is 0 Å². The lowest BCUT2D eigenvalue weighted by Crippen LogP contribution is -2.32. The molecule has 76 valence electrons. The molecule has 2 saturated carbocycles. The number of nitrogens with one attached hydrogen (secondary N) is 2. The van der Waals surface area contributed by atoms with Crippen molar-refractivity contribution in [2.75, 3.05) is 0 Å². The van der Waals surface area contributed by atoms with Gasteiger partial charge in [0.15, 0.2) is 5.82 Å². The molecule has 1 aromatic heterocycles. The Morgan fingerprint density at radius 1 is 1.50 bits per heavy atom. The minimum absolute atomic E-state index is 0.220. The number of nitrogens with zero attached hydrogens (tertiary/aromatic N) is 3. The van der Waals surface area contributed by atoms with Crippen molar-refractivity contribution in [3.63, 3.8) is 0 Å². The first-order chi connectivity index (χ1) is 6.84. The predicted octanol–water partition coefficient (Wildman–Crippen LogP) is 0.649. The fourth-order valence-corrected chi connectivity index (χ4v) is 2.66. The number of aromatic nitrogens is 4. The van der Waals surface area contributed by atoms with Crippen molar-refractivity contribution in [2.24, 2.45) is 11.8 Å². The Hall–Kier alpha value is -0.970. The number of tetrazole rings is 1. The number of fused-ring (bicyclic) bond motifs is 1. The van der Waals surface area contributed by atoms with Crippen LogP contribution in [0.15, 0.2) is 0 Å². The van der Waals surface area contributed by atoms with Crippen LogP contribution in [0.4, 0.5) is 0 Å². The van der Waals surface area contributed by atoms with E-state index >= 15 is 0 Å². The van der Waals surface area contributed by atoms with Crippen LogP contribution in [-0.4, -0.2) is 26.7 Å². The van der Waals surface area contributed by atoms with Crippen LogP contribution in [0.25, 0.3) is 0 Å². The number of rotatable bonds is 3. The summed E-state index contributed by atoms with van der Waals surface area (Å²) in [5, 5.41) is 17.6. The summed E-state index contributed by atoms with van der Waals surface area (Å²) in [7, 11) is 0. The molecular formula is C9H15N5.